The van der Waals surface area contributed by atoms with Gasteiger partial charge in [0.2, 0.25) is 0 Å². The predicted molar refractivity (Wildman–Crippen MR) is 77.1 cm³/mol. The molecule has 1 fully saturated rings. The Morgan fingerprint density at radius 2 is 1.53 bits per heavy atom. The second-order valence-electron chi connectivity index (χ2n) is 6.65. The Balaban J connectivity index is 2.73. The molecule has 1 aliphatic heterocycles. The molecular formula is C16H34N+. The molecule has 0 aromatic heterocycles. The van der Waals surface area contributed by atoms with Gasteiger partial charge in [-0.15, -0.1) is 0 Å². The lowest BCUT2D eigenvalue weighted by Gasteiger charge is -2.49. The molecule has 0 N–H and O–H groups in total. The van der Waals surface area contributed by atoms with Crippen LogP contribution in [0.5, 0.6) is 0 Å². The Bertz CT molecular complexity index is 204. The van der Waals surface area contributed by atoms with Crippen molar-refractivity contribution in [2.45, 2.75) is 72.8 Å². The molecule has 1 heteroatoms. The Hall–Kier alpha value is -0.0400. The first-order chi connectivity index (χ1) is 8.03. The van der Waals surface area contributed by atoms with E-state index in [1.54, 1.807) is 0 Å². The van der Waals surface area contributed by atoms with Crippen molar-refractivity contribution in [3.05, 3.63) is 0 Å². The third kappa shape index (κ3) is 3.71. The summed E-state index contributed by atoms with van der Waals surface area (Å²) in [6.07, 6.45) is 7.14. The van der Waals surface area contributed by atoms with Gasteiger partial charge in [-0.1, -0.05) is 34.1 Å². The van der Waals surface area contributed by atoms with Crippen LogP contribution in [0.2, 0.25) is 0 Å². The Kier molecular flexibility index (Phi) is 5.99. The maximum Gasteiger partial charge on any atom is 0.0890 e. The van der Waals surface area contributed by atoms with E-state index in [-0.39, 0.29) is 0 Å². The van der Waals surface area contributed by atoms with E-state index in [9.17, 15) is 0 Å². The number of likely N-dealkylation sites (tertiary alicyclic amines) is 1. The van der Waals surface area contributed by atoms with Gasteiger partial charge in [-0.2, -0.15) is 0 Å². The molecule has 0 bridgehead atoms. The molecule has 0 amide bonds. The van der Waals surface area contributed by atoms with Gasteiger partial charge in [0.25, 0.3) is 0 Å². The third-order valence-electron chi connectivity index (χ3n) is 5.34. The molecule has 0 radical (unpaired) electrons. The molecule has 1 saturated heterocycles. The SMILES string of the molecule is CCCC[N+]1(C(C)C(C)C(C)C)CCCCC1. The maximum absolute atomic E-state index is 2.52. The fourth-order valence-electron chi connectivity index (χ4n) is 3.51. The molecule has 1 aliphatic rings. The molecule has 1 rings (SSSR count). The number of hydrogen-bond acceptors (Lipinski definition) is 0. The fraction of sp³-hybridized carbons (Fsp3) is 1.00. The summed E-state index contributed by atoms with van der Waals surface area (Å²) in [5, 5.41) is 0. The van der Waals surface area contributed by atoms with E-state index >= 15 is 0 Å². The molecule has 17 heavy (non-hydrogen) atoms. The van der Waals surface area contributed by atoms with E-state index in [2.05, 4.69) is 34.6 Å². The van der Waals surface area contributed by atoms with Crippen molar-refractivity contribution in [3.8, 4) is 0 Å². The monoisotopic (exact) mass is 240 g/mol. The Morgan fingerprint density at radius 1 is 0.941 bits per heavy atom. The minimum Gasteiger partial charge on any atom is -0.321 e. The van der Waals surface area contributed by atoms with Gasteiger partial charge in [0.05, 0.1) is 25.7 Å². The van der Waals surface area contributed by atoms with Gasteiger partial charge in [-0.3, -0.25) is 0 Å². The zero-order chi connectivity index (χ0) is 12.9. The van der Waals surface area contributed by atoms with E-state index < -0.39 is 0 Å². The van der Waals surface area contributed by atoms with Crippen molar-refractivity contribution in [3.63, 3.8) is 0 Å². The van der Waals surface area contributed by atoms with Crippen LogP contribution in [0.3, 0.4) is 0 Å². The average Bonchev–Trinajstić information content (AvgIpc) is 2.35. The van der Waals surface area contributed by atoms with Gasteiger partial charge in [0.1, 0.15) is 0 Å². The summed E-state index contributed by atoms with van der Waals surface area (Å²) in [4.78, 5) is 0. The van der Waals surface area contributed by atoms with Crippen molar-refractivity contribution < 1.29 is 4.48 Å². The summed E-state index contributed by atoms with van der Waals surface area (Å²) in [7, 11) is 0. The third-order valence-corrected chi connectivity index (χ3v) is 5.34. The quantitative estimate of drug-likeness (QED) is 0.601. The minimum absolute atomic E-state index is 0.823. The first-order valence-electron chi connectivity index (χ1n) is 7.89. The molecule has 0 spiro atoms. The largest absolute Gasteiger partial charge is 0.321 e. The van der Waals surface area contributed by atoms with E-state index in [0.29, 0.717) is 0 Å². The van der Waals surface area contributed by atoms with E-state index in [0.717, 1.165) is 17.9 Å². The molecule has 0 saturated carbocycles. The normalized spacial score (nSPS) is 23.6. The van der Waals surface area contributed by atoms with Crippen molar-refractivity contribution in [2.75, 3.05) is 19.6 Å². The van der Waals surface area contributed by atoms with Gasteiger partial charge in [-0.05, 0) is 38.5 Å². The highest BCUT2D eigenvalue weighted by molar-refractivity contribution is 4.69. The first kappa shape index (κ1) is 15.0. The molecule has 1 nitrogen and oxygen atoms in total. The minimum atomic E-state index is 0.823. The first-order valence-corrected chi connectivity index (χ1v) is 7.89. The van der Waals surface area contributed by atoms with Crippen molar-refractivity contribution in [1.82, 2.24) is 0 Å². The number of nitrogens with zero attached hydrogens (tertiary/aromatic N) is 1. The van der Waals surface area contributed by atoms with Crippen LogP contribution in [-0.2, 0) is 0 Å². The Morgan fingerprint density at radius 3 is 2.00 bits per heavy atom. The van der Waals surface area contributed by atoms with Gasteiger partial charge in [-0.25, -0.2) is 0 Å². The predicted octanol–water partition coefficient (Wildman–Crippen LogP) is 4.47. The lowest BCUT2D eigenvalue weighted by molar-refractivity contribution is -0.957. The van der Waals surface area contributed by atoms with Crippen LogP contribution in [0.1, 0.15) is 66.7 Å². The second-order valence-corrected chi connectivity index (χ2v) is 6.65. The number of quaternary nitrogens is 1. The molecule has 0 aromatic carbocycles. The van der Waals surface area contributed by atoms with Gasteiger partial charge in [0.15, 0.2) is 0 Å². The van der Waals surface area contributed by atoms with E-state index in [4.69, 9.17) is 0 Å². The van der Waals surface area contributed by atoms with Gasteiger partial charge in [0, 0.05) is 5.92 Å². The topological polar surface area (TPSA) is 0 Å². The average molecular weight is 240 g/mol. The number of unbranched alkanes of at least 4 members (excludes halogenated alkanes) is 1. The maximum atomic E-state index is 2.52. The van der Waals surface area contributed by atoms with Gasteiger partial charge >= 0.3 is 0 Å². The highest BCUT2D eigenvalue weighted by atomic mass is 15.4. The highest BCUT2D eigenvalue weighted by Crippen LogP contribution is 2.30. The lowest BCUT2D eigenvalue weighted by Crippen LogP contribution is -2.60. The fourth-order valence-corrected chi connectivity index (χ4v) is 3.51. The van der Waals surface area contributed by atoms with Crippen LogP contribution in [-0.4, -0.2) is 30.2 Å². The standard InChI is InChI=1S/C16H34N/c1-6-7-11-17(12-9-8-10-13-17)16(5)15(4)14(2)3/h14-16H,6-13H2,1-5H3/q+1. The molecule has 0 aliphatic carbocycles. The smallest absolute Gasteiger partial charge is 0.0890 e. The summed E-state index contributed by atoms with van der Waals surface area (Å²) >= 11 is 0. The van der Waals surface area contributed by atoms with Crippen LogP contribution < -0.4 is 0 Å². The summed E-state index contributed by atoms with van der Waals surface area (Å²) in [5.74, 6) is 1.67. The number of piperidine rings is 1. The summed E-state index contributed by atoms with van der Waals surface area (Å²) in [6.45, 7) is 16.4. The Labute approximate surface area is 109 Å². The summed E-state index contributed by atoms with van der Waals surface area (Å²) in [6, 6.07) is 0.849. The van der Waals surface area contributed by atoms with E-state index in [1.165, 1.54) is 56.2 Å². The van der Waals surface area contributed by atoms with E-state index in [1.807, 2.05) is 0 Å². The van der Waals surface area contributed by atoms with Crippen LogP contribution in [0.15, 0.2) is 0 Å². The number of hydrogen-bond donors (Lipinski definition) is 0. The van der Waals surface area contributed by atoms with Crippen LogP contribution >= 0.6 is 0 Å². The second kappa shape index (κ2) is 6.78. The molecule has 2 atom stereocenters. The van der Waals surface area contributed by atoms with Gasteiger partial charge < -0.3 is 4.48 Å². The highest BCUT2D eigenvalue weighted by Gasteiger charge is 2.38. The molecule has 2 unspecified atom stereocenters. The zero-order valence-electron chi connectivity index (χ0n) is 12.8. The van der Waals surface area contributed by atoms with Crippen molar-refractivity contribution in [2.24, 2.45) is 11.8 Å². The van der Waals surface area contributed by atoms with Crippen LogP contribution in [0.4, 0.5) is 0 Å². The van der Waals surface area contributed by atoms with Crippen LogP contribution in [0.25, 0.3) is 0 Å². The van der Waals surface area contributed by atoms with Crippen LogP contribution in [0, 0.1) is 11.8 Å². The molecule has 102 valence electrons. The number of rotatable bonds is 6. The summed E-state index contributed by atoms with van der Waals surface area (Å²) in [5.41, 5.74) is 0. The molecular weight excluding hydrogens is 206 g/mol. The van der Waals surface area contributed by atoms with Crippen molar-refractivity contribution in [1.29, 1.82) is 0 Å². The lowest BCUT2D eigenvalue weighted by atomic mass is 9.87. The zero-order valence-corrected chi connectivity index (χ0v) is 12.8. The molecule has 1 heterocycles. The molecule has 0 aromatic rings. The van der Waals surface area contributed by atoms with Crippen molar-refractivity contribution >= 4 is 0 Å². The summed E-state index contributed by atoms with van der Waals surface area (Å²) < 4.78 is 1.42.